The molecule has 0 spiro atoms. The standard InChI is InChI=1S/C13H21BrN4/c1-9(2)18-4-3-10(8-18)6-16-13-12(14)5-11(15)7-17-13/h5,7,9-10H,3-4,6,8,15H2,1-2H3,(H,16,17). The van der Waals surface area contributed by atoms with E-state index < -0.39 is 0 Å². The Morgan fingerprint density at radius 2 is 2.39 bits per heavy atom. The molecule has 3 N–H and O–H groups in total. The second-order valence-electron chi connectivity index (χ2n) is 5.22. The van der Waals surface area contributed by atoms with Crippen LogP contribution in [0.1, 0.15) is 20.3 Å². The Hall–Kier alpha value is -0.810. The maximum atomic E-state index is 5.67. The van der Waals surface area contributed by atoms with E-state index in [4.69, 9.17) is 5.73 Å². The zero-order chi connectivity index (χ0) is 13.1. The molecule has 1 fully saturated rings. The number of aromatic nitrogens is 1. The third-order valence-electron chi connectivity index (χ3n) is 3.47. The molecule has 4 nitrogen and oxygen atoms in total. The topological polar surface area (TPSA) is 54.2 Å². The van der Waals surface area contributed by atoms with E-state index in [0.717, 1.165) is 16.8 Å². The first-order chi connectivity index (χ1) is 8.56. The highest BCUT2D eigenvalue weighted by molar-refractivity contribution is 9.10. The van der Waals surface area contributed by atoms with Gasteiger partial charge in [0.05, 0.1) is 16.4 Å². The molecular formula is C13H21BrN4. The van der Waals surface area contributed by atoms with Crippen LogP contribution in [0, 0.1) is 5.92 Å². The lowest BCUT2D eigenvalue weighted by molar-refractivity contribution is 0.266. The summed E-state index contributed by atoms with van der Waals surface area (Å²) in [6.45, 7) is 7.87. The SMILES string of the molecule is CC(C)N1CCC(CNc2ncc(N)cc2Br)C1. The fourth-order valence-corrected chi connectivity index (χ4v) is 2.83. The van der Waals surface area contributed by atoms with Crippen molar-refractivity contribution in [2.45, 2.75) is 26.3 Å². The van der Waals surface area contributed by atoms with Crippen molar-refractivity contribution >= 4 is 27.4 Å². The predicted molar refractivity (Wildman–Crippen MR) is 79.7 cm³/mol. The van der Waals surface area contributed by atoms with Crippen molar-refractivity contribution < 1.29 is 0 Å². The van der Waals surface area contributed by atoms with Crippen molar-refractivity contribution in [3.8, 4) is 0 Å². The second-order valence-corrected chi connectivity index (χ2v) is 6.08. The first-order valence-corrected chi connectivity index (χ1v) is 7.24. The van der Waals surface area contributed by atoms with Crippen LogP contribution in [0.2, 0.25) is 0 Å². The third-order valence-corrected chi connectivity index (χ3v) is 4.07. The molecule has 1 atom stereocenters. The average Bonchev–Trinajstić information content (AvgIpc) is 2.76. The molecule has 1 aliphatic rings. The number of rotatable bonds is 4. The lowest BCUT2D eigenvalue weighted by Crippen LogP contribution is -2.29. The van der Waals surface area contributed by atoms with E-state index in [1.807, 2.05) is 6.07 Å². The van der Waals surface area contributed by atoms with Crippen molar-refractivity contribution in [3.05, 3.63) is 16.7 Å². The fourth-order valence-electron chi connectivity index (χ4n) is 2.32. The minimum absolute atomic E-state index is 0.649. The van der Waals surface area contributed by atoms with E-state index in [0.29, 0.717) is 17.6 Å². The van der Waals surface area contributed by atoms with Gasteiger partial charge in [-0.05, 0) is 54.7 Å². The quantitative estimate of drug-likeness (QED) is 0.897. The Balaban J connectivity index is 1.85. The summed E-state index contributed by atoms with van der Waals surface area (Å²) >= 11 is 3.48. The smallest absolute Gasteiger partial charge is 0.140 e. The molecule has 2 rings (SSSR count). The van der Waals surface area contributed by atoms with Gasteiger partial charge in [0.25, 0.3) is 0 Å². The number of hydrogen-bond acceptors (Lipinski definition) is 4. The van der Waals surface area contributed by atoms with Gasteiger partial charge in [-0.2, -0.15) is 0 Å². The highest BCUT2D eigenvalue weighted by atomic mass is 79.9. The lowest BCUT2D eigenvalue weighted by Gasteiger charge is -2.20. The van der Waals surface area contributed by atoms with Gasteiger partial charge in [-0.1, -0.05) is 0 Å². The molecule has 1 saturated heterocycles. The zero-order valence-corrected chi connectivity index (χ0v) is 12.6. The zero-order valence-electron chi connectivity index (χ0n) is 11.0. The molecule has 0 bridgehead atoms. The van der Waals surface area contributed by atoms with Gasteiger partial charge in [-0.15, -0.1) is 0 Å². The number of nitrogens with zero attached hydrogens (tertiary/aromatic N) is 2. The molecular weight excluding hydrogens is 292 g/mol. The Morgan fingerprint density at radius 1 is 1.61 bits per heavy atom. The number of likely N-dealkylation sites (tertiary alicyclic amines) is 1. The summed E-state index contributed by atoms with van der Waals surface area (Å²) in [6.07, 6.45) is 2.94. The van der Waals surface area contributed by atoms with Crippen molar-refractivity contribution in [2.75, 3.05) is 30.7 Å². The number of nitrogens with one attached hydrogen (secondary N) is 1. The molecule has 18 heavy (non-hydrogen) atoms. The largest absolute Gasteiger partial charge is 0.397 e. The molecule has 1 aromatic heterocycles. The summed E-state index contributed by atoms with van der Waals surface area (Å²) in [5.41, 5.74) is 6.35. The summed E-state index contributed by atoms with van der Waals surface area (Å²) in [4.78, 5) is 6.82. The Morgan fingerprint density at radius 3 is 3.00 bits per heavy atom. The van der Waals surface area contributed by atoms with Gasteiger partial charge in [0, 0.05) is 19.1 Å². The Kier molecular flexibility index (Phi) is 4.45. The number of nitrogen functional groups attached to an aromatic ring is 1. The van der Waals surface area contributed by atoms with E-state index in [9.17, 15) is 0 Å². The van der Waals surface area contributed by atoms with E-state index in [1.54, 1.807) is 6.20 Å². The van der Waals surface area contributed by atoms with Crippen LogP contribution < -0.4 is 11.1 Å². The van der Waals surface area contributed by atoms with Crippen molar-refractivity contribution in [1.29, 1.82) is 0 Å². The van der Waals surface area contributed by atoms with Crippen molar-refractivity contribution in [3.63, 3.8) is 0 Å². The molecule has 100 valence electrons. The van der Waals surface area contributed by atoms with Crippen LogP contribution in [0.15, 0.2) is 16.7 Å². The highest BCUT2D eigenvalue weighted by Crippen LogP contribution is 2.24. The average molecular weight is 313 g/mol. The molecule has 0 amide bonds. The third kappa shape index (κ3) is 3.36. The normalized spacial score (nSPS) is 20.6. The number of hydrogen-bond donors (Lipinski definition) is 2. The van der Waals surface area contributed by atoms with Gasteiger partial charge >= 0.3 is 0 Å². The van der Waals surface area contributed by atoms with Crippen LogP contribution in [0.5, 0.6) is 0 Å². The molecule has 0 aliphatic carbocycles. The van der Waals surface area contributed by atoms with Gasteiger partial charge in [0.15, 0.2) is 0 Å². The monoisotopic (exact) mass is 312 g/mol. The molecule has 2 heterocycles. The van der Waals surface area contributed by atoms with Gasteiger partial charge in [-0.3, -0.25) is 0 Å². The number of halogens is 1. The van der Waals surface area contributed by atoms with E-state index in [1.165, 1.54) is 19.5 Å². The number of anilines is 2. The van der Waals surface area contributed by atoms with Gasteiger partial charge < -0.3 is 16.0 Å². The molecule has 0 radical (unpaired) electrons. The van der Waals surface area contributed by atoms with E-state index >= 15 is 0 Å². The first kappa shape index (κ1) is 13.6. The summed E-state index contributed by atoms with van der Waals surface area (Å²) in [5.74, 6) is 1.59. The molecule has 1 unspecified atom stereocenters. The maximum absolute atomic E-state index is 5.67. The second kappa shape index (κ2) is 5.89. The first-order valence-electron chi connectivity index (χ1n) is 6.45. The van der Waals surface area contributed by atoms with Crippen LogP contribution >= 0.6 is 15.9 Å². The van der Waals surface area contributed by atoms with Crippen LogP contribution in [0.4, 0.5) is 11.5 Å². The minimum Gasteiger partial charge on any atom is -0.397 e. The molecule has 0 aromatic carbocycles. The maximum Gasteiger partial charge on any atom is 0.140 e. The molecule has 5 heteroatoms. The Bertz CT molecular complexity index is 408. The summed E-state index contributed by atoms with van der Waals surface area (Å²) in [7, 11) is 0. The molecule has 1 aliphatic heterocycles. The van der Waals surface area contributed by atoms with Crippen LogP contribution in [0.3, 0.4) is 0 Å². The highest BCUT2D eigenvalue weighted by Gasteiger charge is 2.23. The Labute approximate surface area is 117 Å². The predicted octanol–water partition coefficient (Wildman–Crippen LogP) is 2.57. The summed E-state index contributed by atoms with van der Waals surface area (Å²) in [5, 5.41) is 3.40. The van der Waals surface area contributed by atoms with Crippen molar-refractivity contribution in [1.82, 2.24) is 9.88 Å². The van der Waals surface area contributed by atoms with E-state index in [2.05, 4.69) is 45.0 Å². The van der Waals surface area contributed by atoms with Crippen LogP contribution in [-0.4, -0.2) is 35.6 Å². The van der Waals surface area contributed by atoms with Crippen LogP contribution in [0.25, 0.3) is 0 Å². The molecule has 0 saturated carbocycles. The minimum atomic E-state index is 0.649. The number of nitrogens with two attached hydrogens (primary N) is 1. The van der Waals surface area contributed by atoms with Crippen molar-refractivity contribution in [2.24, 2.45) is 5.92 Å². The number of pyridine rings is 1. The van der Waals surface area contributed by atoms with Gasteiger partial charge in [0.2, 0.25) is 0 Å². The summed E-state index contributed by atoms with van der Waals surface area (Å²) in [6, 6.07) is 2.53. The van der Waals surface area contributed by atoms with Crippen LogP contribution in [-0.2, 0) is 0 Å². The van der Waals surface area contributed by atoms with Gasteiger partial charge in [-0.25, -0.2) is 4.98 Å². The summed E-state index contributed by atoms with van der Waals surface area (Å²) < 4.78 is 0.932. The lowest BCUT2D eigenvalue weighted by atomic mass is 10.1. The molecule has 1 aromatic rings. The van der Waals surface area contributed by atoms with E-state index in [-0.39, 0.29) is 0 Å². The fraction of sp³-hybridized carbons (Fsp3) is 0.615. The van der Waals surface area contributed by atoms with Gasteiger partial charge in [0.1, 0.15) is 5.82 Å².